The first-order chi connectivity index (χ1) is 13.5. The molecule has 0 spiro atoms. The molecule has 3 heterocycles. The molecule has 2 aromatic heterocycles. The molecule has 0 aliphatic carbocycles. The fourth-order valence-corrected chi connectivity index (χ4v) is 4.24. The SMILES string of the molecule is Cc1noc(C)c1CN1CCN(C(C(=O)O)c2c(C)[nH]c3ccccc23)CC1. The number of nitrogens with one attached hydrogen (secondary N) is 1. The van der Waals surface area contributed by atoms with E-state index in [1.54, 1.807) is 0 Å². The van der Waals surface area contributed by atoms with Gasteiger partial charge in [-0.05, 0) is 26.8 Å². The van der Waals surface area contributed by atoms with E-state index in [1.807, 2.05) is 45.0 Å². The van der Waals surface area contributed by atoms with Gasteiger partial charge in [-0.2, -0.15) is 0 Å². The lowest BCUT2D eigenvalue weighted by Gasteiger charge is -2.37. The second kappa shape index (κ2) is 7.41. The van der Waals surface area contributed by atoms with Crippen molar-refractivity contribution in [3.8, 4) is 0 Å². The largest absolute Gasteiger partial charge is 0.480 e. The van der Waals surface area contributed by atoms with Crippen molar-refractivity contribution in [1.82, 2.24) is 19.9 Å². The number of aliphatic carboxylic acids is 1. The first-order valence-electron chi connectivity index (χ1n) is 9.64. The molecule has 7 heteroatoms. The summed E-state index contributed by atoms with van der Waals surface area (Å²) in [5.41, 5.74) is 4.85. The molecule has 0 radical (unpaired) electrons. The Morgan fingerprint density at radius 3 is 2.57 bits per heavy atom. The van der Waals surface area contributed by atoms with Crippen LogP contribution >= 0.6 is 0 Å². The molecule has 28 heavy (non-hydrogen) atoms. The zero-order valence-corrected chi connectivity index (χ0v) is 16.5. The number of fused-ring (bicyclic) bond motifs is 1. The van der Waals surface area contributed by atoms with Crippen molar-refractivity contribution in [2.75, 3.05) is 26.2 Å². The molecule has 0 saturated carbocycles. The minimum Gasteiger partial charge on any atom is -0.480 e. The van der Waals surface area contributed by atoms with Crippen LogP contribution in [0.4, 0.5) is 0 Å². The van der Waals surface area contributed by atoms with E-state index >= 15 is 0 Å². The van der Waals surface area contributed by atoms with Crippen LogP contribution in [0.1, 0.15) is 34.3 Å². The minimum atomic E-state index is -0.799. The lowest BCUT2D eigenvalue weighted by Crippen LogP contribution is -2.49. The highest BCUT2D eigenvalue weighted by atomic mass is 16.5. The Kier molecular flexibility index (Phi) is 4.95. The predicted molar refractivity (Wildman–Crippen MR) is 106 cm³/mol. The highest BCUT2D eigenvalue weighted by Crippen LogP contribution is 2.32. The van der Waals surface area contributed by atoms with Gasteiger partial charge >= 0.3 is 5.97 Å². The molecule has 0 bridgehead atoms. The van der Waals surface area contributed by atoms with Gasteiger partial charge in [0.25, 0.3) is 0 Å². The van der Waals surface area contributed by atoms with Crippen LogP contribution in [0.15, 0.2) is 28.8 Å². The van der Waals surface area contributed by atoms with Gasteiger partial charge in [0.1, 0.15) is 11.8 Å². The quantitative estimate of drug-likeness (QED) is 0.706. The zero-order valence-electron chi connectivity index (χ0n) is 16.5. The van der Waals surface area contributed by atoms with Crippen molar-refractivity contribution in [1.29, 1.82) is 0 Å². The summed E-state index contributed by atoms with van der Waals surface area (Å²) in [5.74, 6) is 0.0600. The normalized spacial score (nSPS) is 17.2. The average Bonchev–Trinajstić information content (AvgIpc) is 3.17. The molecular formula is C21H26N4O3. The first kappa shape index (κ1) is 18.7. The number of carboxylic acids is 1. The molecule has 4 rings (SSSR count). The van der Waals surface area contributed by atoms with Gasteiger partial charge in [0.15, 0.2) is 0 Å². The molecule has 2 N–H and O–H groups in total. The summed E-state index contributed by atoms with van der Waals surface area (Å²) in [6.07, 6.45) is 0. The van der Waals surface area contributed by atoms with Crippen LogP contribution in [0.25, 0.3) is 10.9 Å². The standard InChI is InChI=1S/C21H26N4O3/c1-13-17(15(3)28-23-13)12-24-8-10-25(11-9-24)20(21(26)27)19-14(2)22-18-7-5-4-6-16(18)19/h4-7,20,22H,8-12H2,1-3H3,(H,26,27). The summed E-state index contributed by atoms with van der Waals surface area (Å²) in [6, 6.07) is 7.27. The average molecular weight is 382 g/mol. The van der Waals surface area contributed by atoms with Crippen LogP contribution in [0.3, 0.4) is 0 Å². The van der Waals surface area contributed by atoms with Gasteiger partial charge in [0.2, 0.25) is 0 Å². The van der Waals surface area contributed by atoms with Gasteiger partial charge < -0.3 is 14.6 Å². The van der Waals surface area contributed by atoms with Gasteiger partial charge in [0.05, 0.1) is 5.69 Å². The van der Waals surface area contributed by atoms with Crippen molar-refractivity contribution < 1.29 is 14.4 Å². The molecule has 148 valence electrons. The van der Waals surface area contributed by atoms with Crippen LogP contribution in [-0.4, -0.2) is 57.2 Å². The van der Waals surface area contributed by atoms with Gasteiger partial charge in [-0.3, -0.25) is 14.6 Å². The Balaban J connectivity index is 1.53. The highest BCUT2D eigenvalue weighted by molar-refractivity contribution is 5.90. The molecule has 1 atom stereocenters. The van der Waals surface area contributed by atoms with E-state index in [9.17, 15) is 9.90 Å². The smallest absolute Gasteiger partial charge is 0.325 e. The number of benzene rings is 1. The van der Waals surface area contributed by atoms with Crippen molar-refractivity contribution in [3.05, 3.63) is 52.5 Å². The third kappa shape index (κ3) is 3.31. The molecule has 1 unspecified atom stereocenters. The number of hydrogen-bond donors (Lipinski definition) is 2. The summed E-state index contributed by atoms with van der Waals surface area (Å²) in [5, 5.41) is 15.1. The summed E-state index contributed by atoms with van der Waals surface area (Å²) < 4.78 is 5.26. The summed E-state index contributed by atoms with van der Waals surface area (Å²) >= 11 is 0. The van der Waals surface area contributed by atoms with E-state index in [2.05, 4.69) is 19.9 Å². The van der Waals surface area contributed by atoms with Crippen LogP contribution < -0.4 is 0 Å². The number of H-pyrrole nitrogens is 1. The number of aromatic nitrogens is 2. The minimum absolute atomic E-state index is 0.641. The molecule has 7 nitrogen and oxygen atoms in total. The van der Waals surface area contributed by atoms with Gasteiger partial charge in [-0.25, -0.2) is 0 Å². The topological polar surface area (TPSA) is 85.6 Å². The second-order valence-corrected chi connectivity index (χ2v) is 7.56. The van der Waals surface area contributed by atoms with Crippen LogP contribution in [0, 0.1) is 20.8 Å². The molecular weight excluding hydrogens is 356 g/mol. The summed E-state index contributed by atoms with van der Waals surface area (Å²) in [4.78, 5) is 20.0. The zero-order chi connectivity index (χ0) is 19.8. The highest BCUT2D eigenvalue weighted by Gasteiger charge is 2.33. The molecule has 1 aliphatic rings. The summed E-state index contributed by atoms with van der Waals surface area (Å²) in [7, 11) is 0. The number of para-hydroxylation sites is 1. The van der Waals surface area contributed by atoms with Crippen LogP contribution in [0.2, 0.25) is 0 Å². The number of nitrogens with zero attached hydrogens (tertiary/aromatic N) is 3. The maximum Gasteiger partial charge on any atom is 0.325 e. The number of aryl methyl sites for hydroxylation is 3. The number of rotatable bonds is 5. The Labute approximate surface area is 163 Å². The number of hydrogen-bond acceptors (Lipinski definition) is 5. The van der Waals surface area contributed by atoms with Crippen molar-refractivity contribution in [2.24, 2.45) is 0 Å². The first-order valence-corrected chi connectivity index (χ1v) is 9.64. The van der Waals surface area contributed by atoms with Crippen molar-refractivity contribution in [2.45, 2.75) is 33.4 Å². The molecule has 1 saturated heterocycles. The van der Waals surface area contributed by atoms with E-state index in [4.69, 9.17) is 4.52 Å². The summed E-state index contributed by atoms with van der Waals surface area (Å²) in [6.45, 7) is 9.69. The molecule has 0 amide bonds. The Hall–Kier alpha value is -2.64. The van der Waals surface area contributed by atoms with E-state index in [-0.39, 0.29) is 0 Å². The van der Waals surface area contributed by atoms with Crippen LogP contribution in [0.5, 0.6) is 0 Å². The predicted octanol–water partition coefficient (Wildman–Crippen LogP) is 3.02. The Morgan fingerprint density at radius 1 is 1.21 bits per heavy atom. The van der Waals surface area contributed by atoms with Crippen LogP contribution in [-0.2, 0) is 11.3 Å². The number of aromatic amines is 1. The fraction of sp³-hybridized carbons (Fsp3) is 0.429. The molecule has 1 aliphatic heterocycles. The number of carboxylic acid groups (broad SMARTS) is 1. The van der Waals surface area contributed by atoms with Crippen molar-refractivity contribution >= 4 is 16.9 Å². The third-order valence-electron chi connectivity index (χ3n) is 5.79. The third-order valence-corrected chi connectivity index (χ3v) is 5.79. The molecule has 3 aromatic rings. The van der Waals surface area contributed by atoms with Crippen molar-refractivity contribution in [3.63, 3.8) is 0 Å². The number of piperazine rings is 1. The monoisotopic (exact) mass is 382 g/mol. The molecule has 1 fully saturated rings. The van der Waals surface area contributed by atoms with Gasteiger partial charge in [-0.1, -0.05) is 23.4 Å². The molecule has 1 aromatic carbocycles. The lowest BCUT2D eigenvalue weighted by atomic mass is 10.0. The Bertz CT molecular complexity index is 979. The van der Waals surface area contributed by atoms with E-state index in [0.29, 0.717) is 13.1 Å². The van der Waals surface area contributed by atoms with Gasteiger partial charge in [-0.15, -0.1) is 0 Å². The van der Waals surface area contributed by atoms with E-state index < -0.39 is 12.0 Å². The maximum absolute atomic E-state index is 12.2. The van der Waals surface area contributed by atoms with E-state index in [1.165, 1.54) is 0 Å². The van der Waals surface area contributed by atoms with E-state index in [0.717, 1.165) is 58.8 Å². The second-order valence-electron chi connectivity index (χ2n) is 7.56. The number of carbonyl (C=O) groups is 1. The maximum atomic E-state index is 12.2. The Morgan fingerprint density at radius 2 is 1.93 bits per heavy atom. The fourth-order valence-electron chi connectivity index (χ4n) is 4.24. The van der Waals surface area contributed by atoms with Gasteiger partial charge in [0, 0.05) is 60.4 Å². The lowest BCUT2D eigenvalue weighted by molar-refractivity contribution is -0.144.